The average Bonchev–Trinajstić information content (AvgIpc) is 2.85. The maximum Gasteiger partial charge on any atom is 0.315 e. The first kappa shape index (κ1) is 14.5. The van der Waals surface area contributed by atoms with Gasteiger partial charge in [0, 0.05) is 12.8 Å². The summed E-state index contributed by atoms with van der Waals surface area (Å²) in [5.74, 6) is 0.361. The number of anilines is 1. The highest BCUT2D eigenvalue weighted by Gasteiger charge is 2.10. The molecule has 0 aliphatic rings. The Morgan fingerprint density at radius 3 is 2.45 bits per heavy atom. The predicted octanol–water partition coefficient (Wildman–Crippen LogP) is 1.10. The molecule has 8 heteroatoms. The minimum absolute atomic E-state index is 0.282. The second-order valence-corrected chi connectivity index (χ2v) is 6.52. The van der Waals surface area contributed by atoms with Gasteiger partial charge in [-0.1, -0.05) is 17.2 Å². The summed E-state index contributed by atoms with van der Waals surface area (Å²) in [6.45, 7) is 2.20. The lowest BCUT2D eigenvalue weighted by atomic mass is 10.2. The van der Waals surface area contributed by atoms with Gasteiger partial charge in [-0.05, 0) is 24.6 Å². The number of hydrogen-bond donors (Lipinski definition) is 2. The number of nitrogens with two attached hydrogens (primary N) is 1. The molecule has 1 atom stereocenters. The van der Waals surface area contributed by atoms with Crippen LogP contribution < -0.4 is 11.1 Å². The molecule has 0 amide bonds. The number of rotatable bonds is 5. The van der Waals surface area contributed by atoms with Gasteiger partial charge in [0.05, 0.1) is 10.9 Å². The van der Waals surface area contributed by atoms with Crippen LogP contribution in [0, 0.1) is 0 Å². The number of hydrogen-bond acceptors (Lipinski definition) is 7. The van der Waals surface area contributed by atoms with E-state index in [9.17, 15) is 8.42 Å². The van der Waals surface area contributed by atoms with Crippen molar-refractivity contribution >= 4 is 15.9 Å². The summed E-state index contributed by atoms with van der Waals surface area (Å²) in [5, 5.41) is 10.5. The van der Waals surface area contributed by atoms with E-state index >= 15 is 0 Å². The summed E-state index contributed by atoms with van der Waals surface area (Å²) < 4.78 is 27.9. The van der Waals surface area contributed by atoms with Gasteiger partial charge in [0.25, 0.3) is 0 Å². The molecule has 20 heavy (non-hydrogen) atoms. The van der Waals surface area contributed by atoms with Crippen LogP contribution in [0.4, 0.5) is 6.01 Å². The van der Waals surface area contributed by atoms with Crippen molar-refractivity contribution in [3.8, 4) is 0 Å². The van der Waals surface area contributed by atoms with Crippen molar-refractivity contribution in [2.45, 2.75) is 24.4 Å². The van der Waals surface area contributed by atoms with Gasteiger partial charge in [0.1, 0.15) is 0 Å². The molecule has 1 unspecified atom stereocenters. The molecule has 0 radical (unpaired) electrons. The monoisotopic (exact) mass is 296 g/mol. The van der Waals surface area contributed by atoms with Crippen molar-refractivity contribution in [2.75, 3.05) is 11.6 Å². The van der Waals surface area contributed by atoms with E-state index in [0.717, 1.165) is 5.56 Å². The highest BCUT2D eigenvalue weighted by molar-refractivity contribution is 7.90. The summed E-state index contributed by atoms with van der Waals surface area (Å²) in [7, 11) is -3.17. The summed E-state index contributed by atoms with van der Waals surface area (Å²) in [6.07, 6.45) is 1.17. The van der Waals surface area contributed by atoms with E-state index in [4.69, 9.17) is 10.2 Å². The third-order valence-corrected chi connectivity index (χ3v) is 3.75. The lowest BCUT2D eigenvalue weighted by Crippen LogP contribution is -2.04. The molecule has 2 aromatic rings. The molecule has 0 spiro atoms. The maximum atomic E-state index is 11.3. The molecule has 7 nitrogen and oxygen atoms in total. The molecule has 0 saturated carbocycles. The molecule has 0 bridgehead atoms. The minimum Gasteiger partial charge on any atom is -0.406 e. The van der Waals surface area contributed by atoms with E-state index in [1.165, 1.54) is 6.26 Å². The van der Waals surface area contributed by atoms with E-state index < -0.39 is 9.84 Å². The topological polar surface area (TPSA) is 111 Å². The fourth-order valence-corrected chi connectivity index (χ4v) is 2.15. The van der Waals surface area contributed by atoms with Gasteiger partial charge in [-0.15, -0.1) is 5.10 Å². The number of nitrogens with zero attached hydrogens (tertiary/aromatic N) is 2. The van der Waals surface area contributed by atoms with Gasteiger partial charge in [-0.25, -0.2) is 8.42 Å². The zero-order valence-corrected chi connectivity index (χ0v) is 12.0. The SMILES string of the molecule is CC(N)c1nnc(NCc2ccc(S(C)(=O)=O)cc2)o1. The first-order valence-corrected chi connectivity index (χ1v) is 7.87. The molecule has 1 aromatic heterocycles. The molecule has 3 N–H and O–H groups in total. The molecule has 0 fully saturated rings. The zero-order valence-electron chi connectivity index (χ0n) is 11.2. The molecule has 0 aliphatic heterocycles. The van der Waals surface area contributed by atoms with Crippen LogP contribution in [0.15, 0.2) is 33.6 Å². The molecular weight excluding hydrogens is 280 g/mol. The Kier molecular flexibility index (Phi) is 4.05. The van der Waals surface area contributed by atoms with Gasteiger partial charge in [0.15, 0.2) is 9.84 Å². The lowest BCUT2D eigenvalue weighted by molar-refractivity contribution is 0.472. The number of nitrogens with one attached hydrogen (secondary N) is 1. The van der Waals surface area contributed by atoms with Crippen molar-refractivity contribution in [1.82, 2.24) is 10.2 Å². The molecule has 0 saturated heterocycles. The third kappa shape index (κ3) is 3.55. The Morgan fingerprint density at radius 1 is 1.30 bits per heavy atom. The van der Waals surface area contributed by atoms with Crippen LogP contribution in [0.5, 0.6) is 0 Å². The number of sulfone groups is 1. The van der Waals surface area contributed by atoms with Gasteiger partial charge in [0.2, 0.25) is 5.89 Å². The smallest absolute Gasteiger partial charge is 0.315 e. The summed E-state index contributed by atoms with van der Waals surface area (Å²) >= 11 is 0. The molecule has 0 aliphatic carbocycles. The van der Waals surface area contributed by atoms with Gasteiger partial charge in [-0.3, -0.25) is 0 Å². The van der Waals surface area contributed by atoms with Crippen LogP contribution in [0.1, 0.15) is 24.4 Å². The Labute approximate surface area is 117 Å². The summed E-state index contributed by atoms with van der Waals surface area (Å²) in [4.78, 5) is 0.290. The molecular formula is C12H16N4O3S. The second kappa shape index (κ2) is 5.59. The fraction of sp³-hybridized carbons (Fsp3) is 0.333. The number of benzene rings is 1. The molecule has 2 rings (SSSR count). The Hall–Kier alpha value is -1.93. The van der Waals surface area contributed by atoms with E-state index in [1.54, 1.807) is 31.2 Å². The zero-order chi connectivity index (χ0) is 14.8. The van der Waals surface area contributed by atoms with Gasteiger partial charge >= 0.3 is 6.01 Å². The standard InChI is InChI=1S/C12H16N4O3S/c1-8(13)11-15-16-12(19-11)14-7-9-3-5-10(6-4-9)20(2,17)18/h3-6,8H,7,13H2,1-2H3,(H,14,16). The Bertz CT molecular complexity index is 677. The summed E-state index contributed by atoms with van der Waals surface area (Å²) in [5.41, 5.74) is 6.51. The Balaban J connectivity index is 2.00. The van der Waals surface area contributed by atoms with Crippen LogP contribution in [0.3, 0.4) is 0 Å². The van der Waals surface area contributed by atoms with E-state index in [0.29, 0.717) is 17.3 Å². The first-order chi connectivity index (χ1) is 9.36. The fourth-order valence-electron chi connectivity index (χ4n) is 1.52. The molecule has 108 valence electrons. The van der Waals surface area contributed by atoms with Crippen molar-refractivity contribution in [2.24, 2.45) is 5.73 Å². The summed E-state index contributed by atoms with van der Waals surface area (Å²) in [6, 6.07) is 6.55. The minimum atomic E-state index is -3.17. The van der Waals surface area contributed by atoms with Gasteiger partial charge in [-0.2, -0.15) is 0 Å². The largest absolute Gasteiger partial charge is 0.406 e. The van der Waals surface area contributed by atoms with Crippen molar-refractivity contribution < 1.29 is 12.8 Å². The number of aromatic nitrogens is 2. The Morgan fingerprint density at radius 2 is 1.95 bits per heavy atom. The normalized spacial score (nSPS) is 13.2. The predicted molar refractivity (Wildman–Crippen MR) is 73.8 cm³/mol. The van der Waals surface area contributed by atoms with E-state index in [-0.39, 0.29) is 12.1 Å². The lowest BCUT2D eigenvalue weighted by Gasteiger charge is -2.03. The van der Waals surface area contributed by atoms with E-state index in [1.807, 2.05) is 0 Å². The first-order valence-electron chi connectivity index (χ1n) is 5.98. The highest BCUT2D eigenvalue weighted by Crippen LogP contribution is 2.14. The van der Waals surface area contributed by atoms with Crippen LogP contribution >= 0.6 is 0 Å². The quantitative estimate of drug-likeness (QED) is 0.849. The van der Waals surface area contributed by atoms with Gasteiger partial charge < -0.3 is 15.5 Å². The van der Waals surface area contributed by atoms with Crippen LogP contribution in [0.2, 0.25) is 0 Å². The van der Waals surface area contributed by atoms with Crippen molar-refractivity contribution in [3.05, 3.63) is 35.7 Å². The average molecular weight is 296 g/mol. The molecule has 1 aromatic carbocycles. The molecule has 1 heterocycles. The maximum absolute atomic E-state index is 11.3. The van der Waals surface area contributed by atoms with Crippen LogP contribution in [0.25, 0.3) is 0 Å². The van der Waals surface area contributed by atoms with Crippen molar-refractivity contribution in [1.29, 1.82) is 0 Å². The third-order valence-electron chi connectivity index (χ3n) is 2.63. The highest BCUT2D eigenvalue weighted by atomic mass is 32.2. The van der Waals surface area contributed by atoms with Crippen molar-refractivity contribution in [3.63, 3.8) is 0 Å². The van der Waals surface area contributed by atoms with E-state index in [2.05, 4.69) is 15.5 Å². The second-order valence-electron chi connectivity index (χ2n) is 4.50. The van der Waals surface area contributed by atoms with Crippen LogP contribution in [-0.4, -0.2) is 24.9 Å². The van der Waals surface area contributed by atoms with Crippen LogP contribution in [-0.2, 0) is 16.4 Å².